The third-order valence-electron chi connectivity index (χ3n) is 4.31. The van der Waals surface area contributed by atoms with Crippen LogP contribution in [0.1, 0.15) is 35.1 Å². The van der Waals surface area contributed by atoms with Crippen LogP contribution in [0.4, 0.5) is 0 Å². The van der Waals surface area contributed by atoms with Gasteiger partial charge in [0.05, 0.1) is 13.7 Å². The average molecular weight is 313 g/mol. The molecule has 3 heteroatoms. The summed E-state index contributed by atoms with van der Waals surface area (Å²) in [5, 5.41) is 0. The lowest BCUT2D eigenvalue weighted by atomic mass is 9.89. The summed E-state index contributed by atoms with van der Waals surface area (Å²) in [5.74, 6) is 2.06. The van der Waals surface area contributed by atoms with Crippen molar-refractivity contribution in [1.29, 1.82) is 0 Å². The third-order valence-corrected chi connectivity index (χ3v) is 4.31. The predicted octanol–water partition coefficient (Wildman–Crippen LogP) is 4.00. The lowest BCUT2D eigenvalue weighted by molar-refractivity contribution is 0.335. The molecule has 0 spiro atoms. The predicted molar refractivity (Wildman–Crippen MR) is 95.6 cm³/mol. The highest BCUT2D eigenvalue weighted by molar-refractivity contribution is 5.45. The van der Waals surface area contributed by atoms with Crippen molar-refractivity contribution in [3.63, 3.8) is 0 Å². The molecule has 0 aliphatic heterocycles. The first-order valence-corrected chi connectivity index (χ1v) is 8.16. The van der Waals surface area contributed by atoms with Crippen LogP contribution < -0.4 is 15.2 Å². The zero-order chi connectivity index (χ0) is 16.8. The molecule has 1 atom stereocenters. The number of hydrogen-bond donors (Lipinski definition) is 1. The minimum atomic E-state index is 0.200. The largest absolute Gasteiger partial charge is 0.496 e. The molecule has 0 aliphatic carbocycles. The Hall–Kier alpha value is -2.00. The topological polar surface area (TPSA) is 44.5 Å². The monoisotopic (exact) mass is 313 g/mol. The average Bonchev–Trinajstić information content (AvgIpc) is 2.56. The molecule has 0 heterocycles. The Bertz CT molecular complexity index is 652. The summed E-state index contributed by atoms with van der Waals surface area (Å²) < 4.78 is 11.3. The molecule has 0 fully saturated rings. The van der Waals surface area contributed by atoms with E-state index in [0.717, 1.165) is 17.9 Å². The number of rotatable bonds is 7. The molecule has 3 nitrogen and oxygen atoms in total. The molecule has 0 bridgehead atoms. The molecule has 0 amide bonds. The van der Waals surface area contributed by atoms with Gasteiger partial charge in [0.1, 0.15) is 11.5 Å². The van der Waals surface area contributed by atoms with E-state index in [0.29, 0.717) is 13.2 Å². The van der Waals surface area contributed by atoms with Gasteiger partial charge in [-0.05, 0) is 68.1 Å². The summed E-state index contributed by atoms with van der Waals surface area (Å²) >= 11 is 0. The van der Waals surface area contributed by atoms with Crippen LogP contribution >= 0.6 is 0 Å². The van der Waals surface area contributed by atoms with E-state index in [1.54, 1.807) is 7.11 Å². The molecule has 2 aromatic carbocycles. The molecule has 0 aromatic heterocycles. The van der Waals surface area contributed by atoms with E-state index in [1.807, 2.05) is 25.1 Å². The molecule has 0 saturated carbocycles. The SMILES string of the molecule is CCOc1ccccc1CC(CN)c1cc(C)c(C)cc1OC. The maximum atomic E-state index is 6.09. The van der Waals surface area contributed by atoms with Gasteiger partial charge >= 0.3 is 0 Å². The van der Waals surface area contributed by atoms with E-state index < -0.39 is 0 Å². The molecule has 23 heavy (non-hydrogen) atoms. The van der Waals surface area contributed by atoms with Gasteiger partial charge in [-0.1, -0.05) is 24.3 Å². The molecule has 0 radical (unpaired) electrons. The van der Waals surface area contributed by atoms with Crippen LogP contribution in [0.3, 0.4) is 0 Å². The molecule has 0 aliphatic rings. The number of ether oxygens (including phenoxy) is 2. The van der Waals surface area contributed by atoms with Gasteiger partial charge in [-0.15, -0.1) is 0 Å². The Balaban J connectivity index is 2.36. The van der Waals surface area contributed by atoms with Gasteiger partial charge in [0.25, 0.3) is 0 Å². The van der Waals surface area contributed by atoms with Crippen LogP contribution in [0.15, 0.2) is 36.4 Å². The number of nitrogens with two attached hydrogens (primary N) is 1. The van der Waals surface area contributed by atoms with Crippen molar-refractivity contribution in [2.75, 3.05) is 20.3 Å². The van der Waals surface area contributed by atoms with Gasteiger partial charge in [0, 0.05) is 5.92 Å². The van der Waals surface area contributed by atoms with Crippen LogP contribution in [-0.2, 0) is 6.42 Å². The smallest absolute Gasteiger partial charge is 0.122 e. The van der Waals surface area contributed by atoms with Crippen LogP contribution in [0.25, 0.3) is 0 Å². The van der Waals surface area contributed by atoms with Gasteiger partial charge in [-0.25, -0.2) is 0 Å². The van der Waals surface area contributed by atoms with Crippen LogP contribution in [0, 0.1) is 13.8 Å². The van der Waals surface area contributed by atoms with Crippen molar-refractivity contribution in [2.24, 2.45) is 5.73 Å². The normalized spacial score (nSPS) is 12.0. The van der Waals surface area contributed by atoms with Gasteiger partial charge in [0.15, 0.2) is 0 Å². The number of aryl methyl sites for hydroxylation is 2. The van der Waals surface area contributed by atoms with Crippen LogP contribution in [-0.4, -0.2) is 20.3 Å². The lowest BCUT2D eigenvalue weighted by Crippen LogP contribution is -2.17. The summed E-state index contributed by atoms with van der Waals surface area (Å²) in [6.45, 7) is 7.46. The Morgan fingerprint density at radius 2 is 1.74 bits per heavy atom. The molecule has 2 N–H and O–H groups in total. The van der Waals surface area contributed by atoms with E-state index in [9.17, 15) is 0 Å². The first kappa shape index (κ1) is 17.4. The van der Waals surface area contributed by atoms with Gasteiger partial charge in [-0.3, -0.25) is 0 Å². The second kappa shape index (κ2) is 8.02. The summed E-state index contributed by atoms with van der Waals surface area (Å²) in [6.07, 6.45) is 0.839. The number of para-hydroxylation sites is 1. The van der Waals surface area contributed by atoms with Gasteiger partial charge in [-0.2, -0.15) is 0 Å². The van der Waals surface area contributed by atoms with E-state index in [2.05, 4.69) is 32.0 Å². The minimum absolute atomic E-state index is 0.200. The molecule has 2 aromatic rings. The summed E-state index contributed by atoms with van der Waals surface area (Å²) in [7, 11) is 1.72. The van der Waals surface area contributed by atoms with E-state index >= 15 is 0 Å². The quantitative estimate of drug-likeness (QED) is 0.840. The number of hydrogen-bond acceptors (Lipinski definition) is 3. The first-order chi connectivity index (χ1) is 11.1. The maximum Gasteiger partial charge on any atom is 0.122 e. The highest BCUT2D eigenvalue weighted by Gasteiger charge is 2.18. The Kier molecular flexibility index (Phi) is 6.05. The zero-order valence-corrected chi connectivity index (χ0v) is 14.6. The molecule has 124 valence electrons. The Morgan fingerprint density at radius 1 is 1.04 bits per heavy atom. The molecular weight excluding hydrogens is 286 g/mol. The van der Waals surface area contributed by atoms with E-state index in [1.165, 1.54) is 22.3 Å². The third kappa shape index (κ3) is 4.05. The second-order valence-electron chi connectivity index (χ2n) is 5.86. The first-order valence-electron chi connectivity index (χ1n) is 8.16. The van der Waals surface area contributed by atoms with Crippen LogP contribution in [0.5, 0.6) is 11.5 Å². The Morgan fingerprint density at radius 3 is 2.39 bits per heavy atom. The molecule has 1 unspecified atom stereocenters. The summed E-state index contributed by atoms with van der Waals surface area (Å²) in [5.41, 5.74) is 10.9. The number of methoxy groups -OCH3 is 1. The van der Waals surface area contributed by atoms with E-state index in [-0.39, 0.29) is 5.92 Å². The highest BCUT2D eigenvalue weighted by Crippen LogP contribution is 2.33. The van der Waals surface area contributed by atoms with Crippen molar-refractivity contribution in [1.82, 2.24) is 0 Å². The van der Waals surface area contributed by atoms with Crippen molar-refractivity contribution < 1.29 is 9.47 Å². The van der Waals surface area contributed by atoms with Crippen molar-refractivity contribution >= 4 is 0 Å². The fraction of sp³-hybridized carbons (Fsp3) is 0.400. The van der Waals surface area contributed by atoms with Crippen LogP contribution in [0.2, 0.25) is 0 Å². The van der Waals surface area contributed by atoms with Crippen molar-refractivity contribution in [2.45, 2.75) is 33.1 Å². The second-order valence-corrected chi connectivity index (χ2v) is 5.86. The summed E-state index contributed by atoms with van der Waals surface area (Å²) in [4.78, 5) is 0. The summed E-state index contributed by atoms with van der Waals surface area (Å²) in [6, 6.07) is 12.5. The standard InChI is InChI=1S/C20H27NO2/c1-5-23-19-9-7-6-8-16(19)12-17(13-21)18-10-14(2)15(3)11-20(18)22-4/h6-11,17H,5,12-13,21H2,1-4H3. The number of benzene rings is 2. The highest BCUT2D eigenvalue weighted by atomic mass is 16.5. The van der Waals surface area contributed by atoms with Crippen molar-refractivity contribution in [3.8, 4) is 11.5 Å². The lowest BCUT2D eigenvalue weighted by Gasteiger charge is -2.21. The molecule has 2 rings (SSSR count). The Labute approximate surface area is 139 Å². The van der Waals surface area contributed by atoms with Gasteiger partial charge in [0.2, 0.25) is 0 Å². The maximum absolute atomic E-state index is 6.09. The van der Waals surface area contributed by atoms with E-state index in [4.69, 9.17) is 15.2 Å². The fourth-order valence-electron chi connectivity index (χ4n) is 2.86. The van der Waals surface area contributed by atoms with Crippen molar-refractivity contribution in [3.05, 3.63) is 58.7 Å². The fourth-order valence-corrected chi connectivity index (χ4v) is 2.86. The molecular formula is C20H27NO2. The molecule has 0 saturated heterocycles. The minimum Gasteiger partial charge on any atom is -0.496 e. The zero-order valence-electron chi connectivity index (χ0n) is 14.6. The van der Waals surface area contributed by atoms with Gasteiger partial charge < -0.3 is 15.2 Å².